The van der Waals surface area contributed by atoms with Crippen molar-refractivity contribution in [1.29, 1.82) is 0 Å². The van der Waals surface area contributed by atoms with E-state index in [1.54, 1.807) is 4.90 Å². The van der Waals surface area contributed by atoms with Crippen molar-refractivity contribution in [3.05, 3.63) is 17.6 Å². The van der Waals surface area contributed by atoms with Gasteiger partial charge in [0.15, 0.2) is 0 Å². The molecule has 0 amide bonds. The molecule has 1 aromatic rings. The van der Waals surface area contributed by atoms with Gasteiger partial charge in [-0.25, -0.2) is 9.97 Å². The van der Waals surface area contributed by atoms with Gasteiger partial charge in [-0.2, -0.15) is 0 Å². The van der Waals surface area contributed by atoms with Crippen LogP contribution in [-0.4, -0.2) is 49.2 Å². The minimum atomic E-state index is -0.429. The van der Waals surface area contributed by atoms with E-state index in [1.165, 1.54) is 20.5 Å². The van der Waals surface area contributed by atoms with Crippen LogP contribution in [0.4, 0.5) is 5.82 Å². The van der Waals surface area contributed by atoms with Gasteiger partial charge in [0.1, 0.15) is 25.2 Å². The third kappa shape index (κ3) is 3.68. The Morgan fingerprint density at radius 2 is 1.71 bits per heavy atom. The lowest BCUT2D eigenvalue weighted by Gasteiger charge is -2.26. The summed E-state index contributed by atoms with van der Waals surface area (Å²) in [5.74, 6) is -0.236. The smallest absolute Gasteiger partial charge is 0.325 e. The number of anilines is 1. The zero-order valence-electron chi connectivity index (χ0n) is 12.3. The Labute approximate surface area is 123 Å². The molecule has 1 aliphatic rings. The van der Waals surface area contributed by atoms with E-state index >= 15 is 0 Å². The first-order chi connectivity index (χ1) is 10.2. The van der Waals surface area contributed by atoms with Crippen LogP contribution in [0.5, 0.6) is 0 Å². The molecule has 1 aromatic heterocycles. The van der Waals surface area contributed by atoms with Crippen molar-refractivity contribution in [2.24, 2.45) is 0 Å². The number of aryl methyl sites for hydroxylation is 1. The van der Waals surface area contributed by atoms with Crippen molar-refractivity contribution in [3.63, 3.8) is 0 Å². The second-order valence-electron chi connectivity index (χ2n) is 4.84. The lowest BCUT2D eigenvalue weighted by atomic mass is 9.96. The highest BCUT2D eigenvalue weighted by Gasteiger charge is 2.23. The van der Waals surface area contributed by atoms with Crippen LogP contribution < -0.4 is 4.90 Å². The Kier molecular flexibility index (Phi) is 5.08. The number of aromatic nitrogens is 2. The van der Waals surface area contributed by atoms with Gasteiger partial charge in [-0.05, 0) is 25.7 Å². The van der Waals surface area contributed by atoms with Gasteiger partial charge in [0.05, 0.1) is 14.2 Å². The quantitative estimate of drug-likeness (QED) is 0.731. The Morgan fingerprint density at radius 3 is 2.33 bits per heavy atom. The molecule has 0 aromatic carbocycles. The predicted molar refractivity (Wildman–Crippen MR) is 74.9 cm³/mol. The van der Waals surface area contributed by atoms with Gasteiger partial charge >= 0.3 is 11.9 Å². The van der Waals surface area contributed by atoms with E-state index in [2.05, 4.69) is 19.4 Å². The van der Waals surface area contributed by atoms with Gasteiger partial charge in [-0.3, -0.25) is 9.59 Å². The Hall–Kier alpha value is -2.18. The molecule has 0 saturated carbocycles. The zero-order chi connectivity index (χ0) is 15.2. The number of carbonyl (C=O) groups is 2. The highest BCUT2D eigenvalue weighted by atomic mass is 16.5. The molecule has 2 rings (SSSR count). The van der Waals surface area contributed by atoms with Crippen LogP contribution in [-0.2, 0) is 31.9 Å². The molecule has 0 unspecified atom stereocenters. The van der Waals surface area contributed by atoms with Crippen LogP contribution >= 0.6 is 0 Å². The molecule has 0 bridgehead atoms. The van der Waals surface area contributed by atoms with Crippen molar-refractivity contribution in [2.45, 2.75) is 25.7 Å². The Morgan fingerprint density at radius 1 is 1.10 bits per heavy atom. The number of rotatable bonds is 5. The van der Waals surface area contributed by atoms with Gasteiger partial charge in [0, 0.05) is 11.3 Å². The first-order valence-corrected chi connectivity index (χ1v) is 6.87. The van der Waals surface area contributed by atoms with Crippen LogP contribution in [0.15, 0.2) is 6.33 Å². The molecule has 0 saturated heterocycles. The van der Waals surface area contributed by atoms with Crippen molar-refractivity contribution >= 4 is 17.8 Å². The molecular formula is C14H19N3O4. The van der Waals surface area contributed by atoms with Crippen LogP contribution in [0.25, 0.3) is 0 Å². The summed E-state index contributed by atoms with van der Waals surface area (Å²) in [6.45, 7) is -0.0931. The normalized spacial score (nSPS) is 13.2. The Balaban J connectivity index is 2.31. The molecule has 1 heterocycles. The predicted octanol–water partition coefficient (Wildman–Crippen LogP) is 0.508. The van der Waals surface area contributed by atoms with Crippen LogP contribution in [0.1, 0.15) is 24.1 Å². The van der Waals surface area contributed by atoms with Crippen molar-refractivity contribution in [2.75, 3.05) is 32.2 Å². The first kappa shape index (κ1) is 15.2. The molecule has 7 heteroatoms. The zero-order valence-corrected chi connectivity index (χ0v) is 12.3. The average Bonchev–Trinajstić information content (AvgIpc) is 2.53. The minimum Gasteiger partial charge on any atom is -0.468 e. The maximum atomic E-state index is 11.6. The fourth-order valence-corrected chi connectivity index (χ4v) is 2.42. The molecule has 0 spiro atoms. The molecule has 0 N–H and O–H groups in total. The van der Waals surface area contributed by atoms with Gasteiger partial charge in [0.25, 0.3) is 0 Å². The number of fused-ring (bicyclic) bond motifs is 1. The average molecular weight is 293 g/mol. The van der Waals surface area contributed by atoms with E-state index in [9.17, 15) is 9.59 Å². The summed E-state index contributed by atoms with van der Waals surface area (Å²) in [7, 11) is 2.63. The highest BCUT2D eigenvalue weighted by Crippen LogP contribution is 2.27. The lowest BCUT2D eigenvalue weighted by molar-refractivity contribution is -0.140. The van der Waals surface area contributed by atoms with E-state index in [4.69, 9.17) is 0 Å². The van der Waals surface area contributed by atoms with Crippen molar-refractivity contribution < 1.29 is 19.1 Å². The molecule has 1 aliphatic carbocycles. The van der Waals surface area contributed by atoms with Crippen LogP contribution in [0.2, 0.25) is 0 Å². The van der Waals surface area contributed by atoms with Gasteiger partial charge < -0.3 is 14.4 Å². The van der Waals surface area contributed by atoms with E-state index in [0.29, 0.717) is 5.82 Å². The van der Waals surface area contributed by atoms with E-state index in [0.717, 1.165) is 36.9 Å². The number of carbonyl (C=O) groups excluding carboxylic acids is 2. The van der Waals surface area contributed by atoms with Crippen LogP contribution in [0.3, 0.4) is 0 Å². The van der Waals surface area contributed by atoms with Crippen molar-refractivity contribution in [1.82, 2.24) is 9.97 Å². The van der Waals surface area contributed by atoms with Gasteiger partial charge in [0.2, 0.25) is 0 Å². The fraction of sp³-hybridized carbons (Fsp3) is 0.571. The van der Waals surface area contributed by atoms with Crippen molar-refractivity contribution in [3.8, 4) is 0 Å². The summed E-state index contributed by atoms with van der Waals surface area (Å²) in [6.07, 6.45) is 5.37. The second-order valence-corrected chi connectivity index (χ2v) is 4.84. The minimum absolute atomic E-state index is 0.0466. The number of nitrogens with zero attached hydrogens (tertiary/aromatic N) is 3. The number of methoxy groups -OCH3 is 2. The summed E-state index contributed by atoms with van der Waals surface area (Å²) in [6, 6.07) is 0. The molecule has 0 atom stereocenters. The van der Waals surface area contributed by atoms with E-state index in [-0.39, 0.29) is 13.1 Å². The van der Waals surface area contributed by atoms with Gasteiger partial charge in [-0.15, -0.1) is 0 Å². The van der Waals surface area contributed by atoms with Crippen LogP contribution in [0, 0.1) is 0 Å². The van der Waals surface area contributed by atoms with E-state index in [1.807, 2.05) is 0 Å². The van der Waals surface area contributed by atoms with E-state index < -0.39 is 11.9 Å². The summed E-state index contributed by atoms with van der Waals surface area (Å²) in [5.41, 5.74) is 2.00. The molecule has 114 valence electrons. The summed E-state index contributed by atoms with van der Waals surface area (Å²) in [4.78, 5) is 33.3. The molecular weight excluding hydrogens is 274 g/mol. The molecule has 7 nitrogen and oxygen atoms in total. The number of ether oxygens (including phenoxy) is 2. The largest absolute Gasteiger partial charge is 0.468 e. The first-order valence-electron chi connectivity index (χ1n) is 6.87. The standard InChI is InChI=1S/C14H19N3O4/c1-20-12(18)7-17(8-13(19)21-2)14-10-5-3-4-6-11(10)15-9-16-14/h9H,3-8H2,1-2H3. The Bertz CT molecular complexity index is 515. The summed E-state index contributed by atoms with van der Waals surface area (Å²) < 4.78 is 9.37. The monoisotopic (exact) mass is 293 g/mol. The number of hydrogen-bond donors (Lipinski definition) is 0. The molecule has 0 aliphatic heterocycles. The topological polar surface area (TPSA) is 81.6 Å². The third-order valence-corrected chi connectivity index (χ3v) is 3.50. The third-order valence-electron chi connectivity index (χ3n) is 3.50. The lowest BCUT2D eigenvalue weighted by Crippen LogP contribution is -2.37. The summed E-state index contributed by atoms with van der Waals surface area (Å²) in [5, 5.41) is 0. The molecule has 0 fully saturated rings. The van der Waals surface area contributed by atoms with Gasteiger partial charge in [-0.1, -0.05) is 0 Å². The SMILES string of the molecule is COC(=O)CN(CC(=O)OC)c1ncnc2c1CCCC2. The maximum absolute atomic E-state index is 11.6. The number of hydrogen-bond acceptors (Lipinski definition) is 7. The number of esters is 2. The molecule has 0 radical (unpaired) electrons. The fourth-order valence-electron chi connectivity index (χ4n) is 2.42. The summed E-state index contributed by atoms with van der Waals surface area (Å²) >= 11 is 0. The highest BCUT2D eigenvalue weighted by molar-refractivity contribution is 5.81. The second kappa shape index (κ2) is 7.01. The molecule has 21 heavy (non-hydrogen) atoms. The maximum Gasteiger partial charge on any atom is 0.325 e.